The molecule has 0 aromatic heterocycles. The van der Waals surface area contributed by atoms with E-state index in [4.69, 9.17) is 10.2 Å². The molecular weight excluding hydrogens is 128 g/mol. The Balaban J connectivity index is 4.21. The average molecular weight is 144 g/mol. The monoisotopic (exact) mass is 144 g/mol. The normalized spacial score (nSPS) is 13.9. The Hall–Kier alpha value is -0.340. The van der Waals surface area contributed by atoms with Gasteiger partial charge in [-0.1, -0.05) is 26.8 Å². The molecular formula is C8H16O2. The quantitative estimate of drug-likeness (QED) is 0.566. The van der Waals surface area contributed by atoms with Crippen LogP contribution < -0.4 is 0 Å². The lowest BCUT2D eigenvalue weighted by Gasteiger charge is -2.20. The maximum absolute atomic E-state index is 8.81. The molecule has 0 aliphatic heterocycles. The molecule has 0 rings (SSSR count). The van der Waals surface area contributed by atoms with Gasteiger partial charge < -0.3 is 10.2 Å². The Labute approximate surface area is 62.2 Å². The molecule has 2 nitrogen and oxygen atoms in total. The first kappa shape index (κ1) is 9.66. The van der Waals surface area contributed by atoms with Gasteiger partial charge >= 0.3 is 0 Å². The zero-order valence-electron chi connectivity index (χ0n) is 6.89. The fourth-order valence-corrected chi connectivity index (χ4v) is 0.718. The van der Waals surface area contributed by atoms with Crippen LogP contribution in [0.25, 0.3) is 0 Å². The third-order valence-electron chi connectivity index (χ3n) is 1.47. The van der Waals surface area contributed by atoms with E-state index in [0.29, 0.717) is 0 Å². The van der Waals surface area contributed by atoms with Crippen LogP contribution in [0.4, 0.5) is 0 Å². The predicted octanol–water partition coefficient (Wildman–Crippen LogP) is 0.944. The van der Waals surface area contributed by atoms with E-state index >= 15 is 0 Å². The summed E-state index contributed by atoms with van der Waals surface area (Å²) < 4.78 is 0. The SMILES string of the molecule is CC(C)(C)/C(=C/CO)CO. The minimum absolute atomic E-state index is 0.00711. The number of hydrogen-bond acceptors (Lipinski definition) is 2. The van der Waals surface area contributed by atoms with Gasteiger partial charge in [0.15, 0.2) is 0 Å². The van der Waals surface area contributed by atoms with Crippen molar-refractivity contribution >= 4 is 0 Å². The smallest absolute Gasteiger partial charge is 0.0647 e. The summed E-state index contributed by atoms with van der Waals surface area (Å²) in [7, 11) is 0. The minimum Gasteiger partial charge on any atom is -0.392 e. The molecule has 0 radical (unpaired) electrons. The minimum atomic E-state index is -0.0303. The van der Waals surface area contributed by atoms with Crippen LogP contribution >= 0.6 is 0 Å². The van der Waals surface area contributed by atoms with Crippen molar-refractivity contribution in [1.82, 2.24) is 0 Å². The van der Waals surface area contributed by atoms with Gasteiger partial charge in [0.05, 0.1) is 13.2 Å². The van der Waals surface area contributed by atoms with Gasteiger partial charge in [-0.2, -0.15) is 0 Å². The first-order valence-corrected chi connectivity index (χ1v) is 3.43. The number of aliphatic hydroxyl groups excluding tert-OH is 2. The number of hydrogen-bond donors (Lipinski definition) is 2. The molecule has 10 heavy (non-hydrogen) atoms. The van der Waals surface area contributed by atoms with Gasteiger partial charge in [-0.05, 0) is 11.0 Å². The van der Waals surface area contributed by atoms with E-state index in [0.717, 1.165) is 5.57 Å². The van der Waals surface area contributed by atoms with Crippen molar-refractivity contribution < 1.29 is 10.2 Å². The fourth-order valence-electron chi connectivity index (χ4n) is 0.718. The van der Waals surface area contributed by atoms with E-state index in [9.17, 15) is 0 Å². The van der Waals surface area contributed by atoms with Crippen LogP contribution in [0.3, 0.4) is 0 Å². The van der Waals surface area contributed by atoms with Gasteiger partial charge in [0.2, 0.25) is 0 Å². The summed E-state index contributed by atoms with van der Waals surface area (Å²) in [5, 5.41) is 17.4. The van der Waals surface area contributed by atoms with Gasteiger partial charge in [0.25, 0.3) is 0 Å². The molecule has 0 unspecified atom stereocenters. The second kappa shape index (κ2) is 3.74. The second-order valence-corrected chi connectivity index (χ2v) is 3.32. The standard InChI is InChI=1S/C8H16O2/c1-8(2,3)7(6-10)4-5-9/h4,9-10H,5-6H2,1-3H3/b7-4+. The molecule has 0 bridgehead atoms. The molecule has 0 amide bonds. The maximum Gasteiger partial charge on any atom is 0.0647 e. The summed E-state index contributed by atoms with van der Waals surface area (Å²) >= 11 is 0. The Morgan fingerprint density at radius 2 is 1.80 bits per heavy atom. The summed E-state index contributed by atoms with van der Waals surface area (Å²) in [5.74, 6) is 0. The highest BCUT2D eigenvalue weighted by Crippen LogP contribution is 2.23. The average Bonchev–Trinajstić information content (AvgIpc) is 1.80. The lowest BCUT2D eigenvalue weighted by Crippen LogP contribution is -2.13. The van der Waals surface area contributed by atoms with Gasteiger partial charge in [-0.25, -0.2) is 0 Å². The summed E-state index contributed by atoms with van der Waals surface area (Å²) in [6, 6.07) is 0. The largest absolute Gasteiger partial charge is 0.392 e. The van der Waals surface area contributed by atoms with E-state index in [1.807, 2.05) is 20.8 Å². The van der Waals surface area contributed by atoms with Gasteiger partial charge in [0, 0.05) is 0 Å². The first-order valence-electron chi connectivity index (χ1n) is 3.43. The van der Waals surface area contributed by atoms with E-state index in [-0.39, 0.29) is 18.6 Å². The highest BCUT2D eigenvalue weighted by atomic mass is 16.3. The third kappa shape index (κ3) is 2.99. The molecule has 0 saturated carbocycles. The Morgan fingerprint density at radius 3 is 1.90 bits per heavy atom. The highest BCUT2D eigenvalue weighted by molar-refractivity contribution is 5.10. The molecule has 0 aromatic carbocycles. The van der Waals surface area contributed by atoms with Gasteiger partial charge in [-0.15, -0.1) is 0 Å². The summed E-state index contributed by atoms with van der Waals surface area (Å²) in [5.41, 5.74) is 0.854. The fraction of sp³-hybridized carbons (Fsp3) is 0.750. The predicted molar refractivity (Wildman–Crippen MR) is 41.7 cm³/mol. The van der Waals surface area contributed by atoms with Gasteiger partial charge in [-0.3, -0.25) is 0 Å². The molecule has 0 aliphatic rings. The van der Waals surface area contributed by atoms with Crippen LogP contribution in [0.15, 0.2) is 11.6 Å². The third-order valence-corrected chi connectivity index (χ3v) is 1.47. The summed E-state index contributed by atoms with van der Waals surface area (Å²) in [4.78, 5) is 0. The zero-order valence-corrected chi connectivity index (χ0v) is 6.89. The van der Waals surface area contributed by atoms with Crippen LogP contribution in [0, 0.1) is 5.41 Å². The topological polar surface area (TPSA) is 40.5 Å². The van der Waals surface area contributed by atoms with Gasteiger partial charge in [0.1, 0.15) is 0 Å². The number of aliphatic hydroxyl groups is 2. The highest BCUT2D eigenvalue weighted by Gasteiger charge is 2.14. The van der Waals surface area contributed by atoms with Crippen molar-refractivity contribution in [3.63, 3.8) is 0 Å². The summed E-state index contributed by atoms with van der Waals surface area (Å²) in [6.45, 7) is 6.05. The van der Waals surface area contributed by atoms with Crippen molar-refractivity contribution in [2.24, 2.45) is 5.41 Å². The van der Waals surface area contributed by atoms with Crippen LogP contribution in [0.1, 0.15) is 20.8 Å². The Kier molecular flexibility index (Phi) is 3.61. The molecule has 0 atom stereocenters. The zero-order chi connectivity index (χ0) is 8.20. The molecule has 0 aliphatic carbocycles. The van der Waals surface area contributed by atoms with E-state index < -0.39 is 0 Å². The molecule has 2 heteroatoms. The van der Waals surface area contributed by atoms with Crippen molar-refractivity contribution in [2.45, 2.75) is 20.8 Å². The summed E-state index contributed by atoms with van der Waals surface area (Å²) in [6.07, 6.45) is 1.65. The molecule has 0 spiro atoms. The van der Waals surface area contributed by atoms with Crippen LogP contribution in [0.5, 0.6) is 0 Å². The molecule has 0 aromatic rings. The van der Waals surface area contributed by atoms with E-state index in [2.05, 4.69) is 0 Å². The van der Waals surface area contributed by atoms with Crippen molar-refractivity contribution in [3.05, 3.63) is 11.6 Å². The number of rotatable bonds is 2. The van der Waals surface area contributed by atoms with Crippen molar-refractivity contribution in [3.8, 4) is 0 Å². The maximum atomic E-state index is 8.81. The van der Waals surface area contributed by atoms with E-state index in [1.165, 1.54) is 0 Å². The molecule has 0 saturated heterocycles. The lowest BCUT2D eigenvalue weighted by atomic mass is 9.87. The van der Waals surface area contributed by atoms with Crippen molar-refractivity contribution in [2.75, 3.05) is 13.2 Å². The second-order valence-electron chi connectivity index (χ2n) is 3.32. The molecule has 0 heterocycles. The van der Waals surface area contributed by atoms with E-state index in [1.54, 1.807) is 6.08 Å². The molecule has 2 N–H and O–H groups in total. The van der Waals surface area contributed by atoms with Crippen LogP contribution in [-0.4, -0.2) is 23.4 Å². The van der Waals surface area contributed by atoms with Crippen LogP contribution in [-0.2, 0) is 0 Å². The Bertz CT molecular complexity index is 120. The van der Waals surface area contributed by atoms with Crippen molar-refractivity contribution in [1.29, 1.82) is 0 Å². The van der Waals surface area contributed by atoms with Crippen LogP contribution in [0.2, 0.25) is 0 Å². The first-order chi connectivity index (χ1) is 4.52. The Morgan fingerprint density at radius 1 is 1.30 bits per heavy atom. The molecule has 60 valence electrons. The molecule has 0 fully saturated rings. The lowest BCUT2D eigenvalue weighted by molar-refractivity contribution is 0.287.